The molecule has 0 amide bonds. The largest absolute Gasteiger partial charge is 0.435 e. The molecule has 0 spiro atoms. The van der Waals surface area contributed by atoms with Crippen molar-refractivity contribution in [3.8, 4) is 11.8 Å². The lowest BCUT2D eigenvalue weighted by Gasteiger charge is -2.01. The standard InChI is InChI=1S/C13H15BClIOS/c1-17-14(16)18-11-7-3-2-4-8-12-9-5-6-10-13(12)15/h5-6,9-10H,2,4,8,11H2,1H3. The van der Waals surface area contributed by atoms with Crippen molar-refractivity contribution >= 4 is 49.6 Å². The van der Waals surface area contributed by atoms with Crippen molar-refractivity contribution in [3.05, 3.63) is 34.9 Å². The van der Waals surface area contributed by atoms with Gasteiger partial charge in [-0.25, -0.2) is 0 Å². The van der Waals surface area contributed by atoms with Crippen LogP contribution >= 0.6 is 45.6 Å². The van der Waals surface area contributed by atoms with Gasteiger partial charge in [0.1, 0.15) is 0 Å². The summed E-state index contributed by atoms with van der Waals surface area (Å²) in [5.74, 6) is 7.16. The highest BCUT2D eigenvalue weighted by Crippen LogP contribution is 2.17. The minimum Gasteiger partial charge on any atom is -0.420 e. The number of hydrogen-bond donors (Lipinski definition) is 0. The van der Waals surface area contributed by atoms with E-state index in [9.17, 15) is 0 Å². The maximum Gasteiger partial charge on any atom is 0.435 e. The van der Waals surface area contributed by atoms with E-state index in [1.54, 1.807) is 18.7 Å². The van der Waals surface area contributed by atoms with Crippen molar-refractivity contribution in [3.63, 3.8) is 0 Å². The van der Waals surface area contributed by atoms with Gasteiger partial charge in [-0.3, -0.25) is 0 Å². The fraction of sp³-hybridized carbons (Fsp3) is 0.385. The van der Waals surface area contributed by atoms with Crippen LogP contribution in [0.2, 0.25) is 5.02 Å². The first-order valence-electron chi connectivity index (χ1n) is 5.71. The molecule has 1 aromatic carbocycles. The Hall–Kier alpha value is 0.175. The summed E-state index contributed by atoms with van der Waals surface area (Å²) in [6.45, 7) is 0. The van der Waals surface area contributed by atoms with Crippen molar-refractivity contribution in [1.82, 2.24) is 0 Å². The van der Waals surface area contributed by atoms with Crippen LogP contribution in [-0.4, -0.2) is 16.9 Å². The van der Waals surface area contributed by atoms with Crippen molar-refractivity contribution in [2.24, 2.45) is 0 Å². The Kier molecular flexibility index (Phi) is 9.04. The summed E-state index contributed by atoms with van der Waals surface area (Å²) >= 11 is 10.0. The van der Waals surface area contributed by atoms with Crippen molar-refractivity contribution < 1.29 is 4.65 Å². The average molecular weight is 392 g/mol. The Morgan fingerprint density at radius 3 is 2.89 bits per heavy atom. The zero-order chi connectivity index (χ0) is 13.2. The van der Waals surface area contributed by atoms with Gasteiger partial charge in [-0.05, 0) is 24.5 Å². The number of halogens is 2. The van der Waals surface area contributed by atoms with Gasteiger partial charge in [0.25, 0.3) is 0 Å². The van der Waals surface area contributed by atoms with E-state index < -0.39 is 0 Å². The lowest BCUT2D eigenvalue weighted by molar-refractivity contribution is 0.453. The number of hydrogen-bond acceptors (Lipinski definition) is 2. The summed E-state index contributed by atoms with van der Waals surface area (Å²) in [6.07, 6.45) is 2.97. The lowest BCUT2D eigenvalue weighted by atomic mass is 10.1. The minimum absolute atomic E-state index is 0.194. The third kappa shape index (κ3) is 6.94. The van der Waals surface area contributed by atoms with Crippen molar-refractivity contribution in [1.29, 1.82) is 0 Å². The fourth-order valence-corrected chi connectivity index (χ4v) is 2.61. The highest BCUT2D eigenvalue weighted by molar-refractivity contribution is 14.1. The molecule has 0 heterocycles. The molecule has 0 bridgehead atoms. The van der Waals surface area contributed by atoms with Crippen LogP contribution in [0.15, 0.2) is 24.3 Å². The number of unbranched alkanes of at least 4 members (excludes halogenated alkanes) is 1. The molecule has 18 heavy (non-hydrogen) atoms. The van der Waals surface area contributed by atoms with E-state index in [-0.39, 0.29) is 4.05 Å². The van der Waals surface area contributed by atoms with Crippen LogP contribution < -0.4 is 0 Å². The summed E-state index contributed by atoms with van der Waals surface area (Å²) in [6, 6.07) is 7.99. The summed E-state index contributed by atoms with van der Waals surface area (Å²) < 4.78 is 5.31. The molecule has 0 aromatic heterocycles. The van der Waals surface area contributed by atoms with Crippen LogP contribution in [-0.2, 0) is 11.1 Å². The zero-order valence-corrected chi connectivity index (χ0v) is 14.0. The summed E-state index contributed by atoms with van der Waals surface area (Å²) in [5, 5.41) is 0.855. The second kappa shape index (κ2) is 10.0. The molecule has 0 aliphatic carbocycles. The SMILES string of the molecule is COB(I)SCC#CCCCc1ccccc1Cl. The maximum atomic E-state index is 6.08. The molecule has 96 valence electrons. The van der Waals surface area contributed by atoms with E-state index in [0.29, 0.717) is 0 Å². The molecule has 0 saturated heterocycles. The molecule has 1 rings (SSSR count). The minimum atomic E-state index is 0.194. The predicted octanol–water partition coefficient (Wildman–Crippen LogP) is 4.47. The van der Waals surface area contributed by atoms with E-state index >= 15 is 0 Å². The fourth-order valence-electron chi connectivity index (χ4n) is 1.38. The Labute approximate surface area is 132 Å². The Bertz CT molecular complexity index is 419. The summed E-state index contributed by atoms with van der Waals surface area (Å²) in [5.41, 5.74) is 1.21. The van der Waals surface area contributed by atoms with Gasteiger partial charge in [0.15, 0.2) is 0 Å². The van der Waals surface area contributed by atoms with Crippen LogP contribution in [0.4, 0.5) is 0 Å². The van der Waals surface area contributed by atoms with Crippen LogP contribution in [0.3, 0.4) is 0 Å². The third-order valence-electron chi connectivity index (χ3n) is 2.30. The smallest absolute Gasteiger partial charge is 0.420 e. The van der Waals surface area contributed by atoms with Crippen molar-refractivity contribution in [2.45, 2.75) is 19.3 Å². The number of aryl methyl sites for hydroxylation is 1. The molecule has 0 fully saturated rings. The molecular weight excluding hydrogens is 377 g/mol. The van der Waals surface area contributed by atoms with Gasteiger partial charge in [-0.1, -0.05) is 58.1 Å². The van der Waals surface area contributed by atoms with Gasteiger partial charge < -0.3 is 4.65 Å². The normalized spacial score (nSPS) is 9.72. The van der Waals surface area contributed by atoms with Gasteiger partial charge in [0.05, 0.1) is 0 Å². The van der Waals surface area contributed by atoms with Crippen LogP contribution in [0.5, 0.6) is 0 Å². The molecular formula is C13H15BClIOS. The first kappa shape index (κ1) is 16.2. The Morgan fingerprint density at radius 1 is 1.39 bits per heavy atom. The van der Waals surface area contributed by atoms with Gasteiger partial charge in [-0.15, -0.1) is 5.92 Å². The molecule has 0 atom stereocenters. The van der Waals surface area contributed by atoms with Gasteiger partial charge in [-0.2, -0.15) is 11.6 Å². The predicted molar refractivity (Wildman–Crippen MR) is 91.4 cm³/mol. The molecule has 0 aliphatic rings. The number of benzene rings is 1. The quantitative estimate of drug-likeness (QED) is 0.306. The van der Waals surface area contributed by atoms with Crippen LogP contribution in [0.25, 0.3) is 0 Å². The Morgan fingerprint density at radius 2 is 2.17 bits per heavy atom. The zero-order valence-electron chi connectivity index (χ0n) is 10.3. The molecule has 1 nitrogen and oxygen atoms in total. The molecule has 0 unspecified atom stereocenters. The van der Waals surface area contributed by atoms with E-state index in [1.165, 1.54) is 5.56 Å². The topological polar surface area (TPSA) is 9.23 Å². The number of rotatable bonds is 6. The monoisotopic (exact) mass is 392 g/mol. The third-order valence-corrected chi connectivity index (χ3v) is 5.02. The molecule has 1 aromatic rings. The van der Waals surface area contributed by atoms with E-state index in [1.807, 2.05) is 18.2 Å². The molecule has 5 heteroatoms. The van der Waals surface area contributed by atoms with Crippen LogP contribution in [0.1, 0.15) is 18.4 Å². The van der Waals surface area contributed by atoms with Gasteiger partial charge in [0, 0.05) is 24.3 Å². The molecule has 0 aliphatic heterocycles. The highest BCUT2D eigenvalue weighted by atomic mass is 127. The Balaban J connectivity index is 2.16. The second-order valence-electron chi connectivity index (χ2n) is 3.62. The van der Waals surface area contributed by atoms with E-state index in [2.05, 4.69) is 40.3 Å². The second-order valence-corrected chi connectivity index (χ2v) is 7.05. The first-order chi connectivity index (χ1) is 8.74. The first-order valence-corrected chi connectivity index (χ1v) is 8.39. The van der Waals surface area contributed by atoms with Gasteiger partial charge in [0.2, 0.25) is 0 Å². The molecule has 0 radical (unpaired) electrons. The van der Waals surface area contributed by atoms with E-state index in [0.717, 1.165) is 30.0 Å². The molecule has 0 saturated carbocycles. The average Bonchev–Trinajstić information content (AvgIpc) is 2.39. The summed E-state index contributed by atoms with van der Waals surface area (Å²) in [4.78, 5) is 0. The summed E-state index contributed by atoms with van der Waals surface area (Å²) in [7, 11) is 1.71. The molecule has 0 N–H and O–H groups in total. The maximum absolute atomic E-state index is 6.08. The van der Waals surface area contributed by atoms with E-state index in [4.69, 9.17) is 16.3 Å². The van der Waals surface area contributed by atoms with Gasteiger partial charge >= 0.3 is 4.05 Å². The van der Waals surface area contributed by atoms with Crippen molar-refractivity contribution in [2.75, 3.05) is 12.9 Å². The lowest BCUT2D eigenvalue weighted by Crippen LogP contribution is -2.00. The van der Waals surface area contributed by atoms with Crippen LogP contribution in [0, 0.1) is 11.8 Å². The highest BCUT2D eigenvalue weighted by Gasteiger charge is 2.06.